The molecule has 32 heavy (non-hydrogen) atoms. The molecule has 0 bridgehead atoms. The lowest BCUT2D eigenvalue weighted by Crippen LogP contribution is -2.33. The molecular formula is C21H22N10O. The first-order valence-corrected chi connectivity index (χ1v) is 10.2. The fourth-order valence-electron chi connectivity index (χ4n) is 3.42. The van der Waals surface area contributed by atoms with Gasteiger partial charge in [0.25, 0.3) is 5.91 Å². The Morgan fingerprint density at radius 2 is 1.84 bits per heavy atom. The van der Waals surface area contributed by atoms with E-state index < -0.39 is 0 Å². The third kappa shape index (κ3) is 5.30. The summed E-state index contributed by atoms with van der Waals surface area (Å²) in [5, 5.41) is 26.4. The van der Waals surface area contributed by atoms with Crippen LogP contribution < -0.4 is 21.7 Å². The van der Waals surface area contributed by atoms with Crippen LogP contribution in [-0.2, 0) is 0 Å². The molecule has 162 valence electrons. The largest absolute Gasteiger partial charge is 0.380 e. The maximum Gasteiger partial charge on any atom is 0.278 e. The molecule has 0 radical (unpaired) electrons. The van der Waals surface area contributed by atoms with Crippen LogP contribution in [-0.4, -0.2) is 43.1 Å². The van der Waals surface area contributed by atoms with Gasteiger partial charge in [-0.3, -0.25) is 9.78 Å². The molecule has 5 N–H and O–H groups in total. The molecule has 11 heteroatoms. The van der Waals surface area contributed by atoms with Crippen LogP contribution in [0.25, 0.3) is 0 Å². The summed E-state index contributed by atoms with van der Waals surface area (Å²) in [6.07, 6.45) is 9.62. The predicted molar refractivity (Wildman–Crippen MR) is 118 cm³/mol. The summed E-state index contributed by atoms with van der Waals surface area (Å²) >= 11 is 0. The van der Waals surface area contributed by atoms with Gasteiger partial charge in [0.1, 0.15) is 11.9 Å². The fraction of sp³-hybridized carbons (Fsp3) is 0.286. The summed E-state index contributed by atoms with van der Waals surface area (Å²) in [6, 6.07) is 7.41. The summed E-state index contributed by atoms with van der Waals surface area (Å²) in [5.41, 5.74) is 7.57. The van der Waals surface area contributed by atoms with Gasteiger partial charge in [-0.2, -0.15) is 5.26 Å². The lowest BCUT2D eigenvalue weighted by atomic mass is 9.91. The highest BCUT2D eigenvalue weighted by molar-refractivity contribution is 6.06. The van der Waals surface area contributed by atoms with Gasteiger partial charge in [-0.05, 0) is 37.8 Å². The van der Waals surface area contributed by atoms with Gasteiger partial charge in [0, 0.05) is 36.2 Å². The number of aromatic nitrogens is 5. The summed E-state index contributed by atoms with van der Waals surface area (Å²) in [6.45, 7) is 0. The number of hydrogen-bond donors (Lipinski definition) is 4. The number of pyridine rings is 1. The molecule has 0 aliphatic heterocycles. The second-order valence-corrected chi connectivity index (χ2v) is 7.46. The van der Waals surface area contributed by atoms with Crippen molar-refractivity contribution in [3.05, 3.63) is 54.4 Å². The number of amides is 1. The summed E-state index contributed by atoms with van der Waals surface area (Å²) in [7, 11) is 0. The van der Waals surface area contributed by atoms with E-state index in [1.807, 2.05) is 6.07 Å². The van der Waals surface area contributed by atoms with Crippen molar-refractivity contribution in [2.75, 3.05) is 16.0 Å². The van der Waals surface area contributed by atoms with Crippen molar-refractivity contribution >= 4 is 28.9 Å². The molecule has 1 fully saturated rings. The smallest absolute Gasteiger partial charge is 0.278 e. The van der Waals surface area contributed by atoms with E-state index in [2.05, 4.69) is 41.1 Å². The van der Waals surface area contributed by atoms with E-state index in [4.69, 9.17) is 11.0 Å². The number of carbonyl (C=O) groups is 1. The Hall–Kier alpha value is -4.17. The van der Waals surface area contributed by atoms with E-state index in [9.17, 15) is 4.79 Å². The van der Waals surface area contributed by atoms with Crippen molar-refractivity contribution in [2.24, 2.45) is 5.73 Å². The summed E-state index contributed by atoms with van der Waals surface area (Å²) < 4.78 is 0. The maximum absolute atomic E-state index is 12.9. The first-order chi connectivity index (χ1) is 15.6. The van der Waals surface area contributed by atoms with Gasteiger partial charge < -0.3 is 21.7 Å². The van der Waals surface area contributed by atoms with Crippen LogP contribution in [0.2, 0.25) is 0 Å². The molecule has 3 aromatic heterocycles. The molecule has 0 spiro atoms. The van der Waals surface area contributed by atoms with Crippen LogP contribution in [0.3, 0.4) is 0 Å². The monoisotopic (exact) mass is 430 g/mol. The highest BCUT2D eigenvalue weighted by atomic mass is 16.2. The fourth-order valence-corrected chi connectivity index (χ4v) is 3.42. The van der Waals surface area contributed by atoms with E-state index in [1.165, 1.54) is 12.4 Å². The number of hydrogen-bond acceptors (Lipinski definition) is 10. The molecule has 0 atom stereocenters. The average Bonchev–Trinajstić information content (AvgIpc) is 2.82. The molecule has 1 saturated carbocycles. The minimum atomic E-state index is -0.386. The number of nitrogens with zero attached hydrogens (tertiary/aromatic N) is 6. The van der Waals surface area contributed by atoms with Crippen molar-refractivity contribution in [2.45, 2.75) is 37.8 Å². The Morgan fingerprint density at radius 3 is 2.53 bits per heavy atom. The van der Waals surface area contributed by atoms with Crippen molar-refractivity contribution in [1.29, 1.82) is 5.26 Å². The van der Waals surface area contributed by atoms with Crippen LogP contribution >= 0.6 is 0 Å². The third-order valence-corrected chi connectivity index (χ3v) is 5.10. The zero-order valence-electron chi connectivity index (χ0n) is 17.2. The van der Waals surface area contributed by atoms with Crippen molar-refractivity contribution < 1.29 is 4.79 Å². The molecular weight excluding hydrogens is 408 g/mol. The van der Waals surface area contributed by atoms with Gasteiger partial charge in [0.2, 0.25) is 0 Å². The maximum atomic E-state index is 12.9. The predicted octanol–water partition coefficient (Wildman–Crippen LogP) is 2.21. The molecule has 0 aromatic carbocycles. The summed E-state index contributed by atoms with van der Waals surface area (Å²) in [4.78, 5) is 25.0. The van der Waals surface area contributed by atoms with Gasteiger partial charge in [-0.1, -0.05) is 0 Å². The first kappa shape index (κ1) is 21.1. The minimum Gasteiger partial charge on any atom is -0.380 e. The highest BCUT2D eigenvalue weighted by Gasteiger charge is 2.22. The van der Waals surface area contributed by atoms with Crippen molar-refractivity contribution in [3.63, 3.8) is 0 Å². The number of nitriles is 1. The standard InChI is InChI=1S/C21H22N10O/c22-10-16-11-26-19(12-25-16)29-18-9-17(27-14-3-1-13(23)2-4-14)20(31-30-18)21(32)28-15-5-7-24-8-6-15/h5-9,11-14H,1-4,23H2,(H,24,28,32)(H2,26,27,29,30). The number of nitrogens with one attached hydrogen (secondary N) is 3. The zero-order valence-corrected chi connectivity index (χ0v) is 17.2. The lowest BCUT2D eigenvalue weighted by Gasteiger charge is -2.28. The molecule has 3 heterocycles. The molecule has 0 saturated heterocycles. The van der Waals surface area contributed by atoms with Gasteiger partial charge in [0.15, 0.2) is 17.2 Å². The Labute approximate surface area is 184 Å². The van der Waals surface area contributed by atoms with Crippen molar-refractivity contribution in [1.82, 2.24) is 25.1 Å². The lowest BCUT2D eigenvalue weighted by molar-refractivity contribution is 0.102. The van der Waals surface area contributed by atoms with Gasteiger partial charge in [-0.15, -0.1) is 10.2 Å². The topological polar surface area (TPSA) is 167 Å². The van der Waals surface area contributed by atoms with E-state index in [-0.39, 0.29) is 29.4 Å². The van der Waals surface area contributed by atoms with Crippen LogP contribution in [0, 0.1) is 11.3 Å². The quantitative estimate of drug-likeness (QED) is 0.455. The number of nitrogens with two attached hydrogens (primary N) is 1. The van der Waals surface area contributed by atoms with E-state index in [1.54, 1.807) is 30.6 Å². The van der Waals surface area contributed by atoms with E-state index in [0.717, 1.165) is 25.7 Å². The van der Waals surface area contributed by atoms with Crippen LogP contribution in [0.15, 0.2) is 43.0 Å². The van der Waals surface area contributed by atoms with Gasteiger partial charge in [0.05, 0.1) is 18.1 Å². The van der Waals surface area contributed by atoms with Crippen LogP contribution in [0.5, 0.6) is 0 Å². The average molecular weight is 430 g/mol. The Kier molecular flexibility index (Phi) is 6.43. The Balaban J connectivity index is 1.57. The zero-order chi connectivity index (χ0) is 22.3. The number of anilines is 4. The number of rotatable bonds is 6. The molecule has 0 unspecified atom stereocenters. The second kappa shape index (κ2) is 9.76. The molecule has 11 nitrogen and oxygen atoms in total. The van der Waals surface area contributed by atoms with Crippen LogP contribution in [0.1, 0.15) is 41.9 Å². The van der Waals surface area contributed by atoms with Crippen molar-refractivity contribution in [3.8, 4) is 6.07 Å². The molecule has 1 aliphatic rings. The van der Waals surface area contributed by atoms with Gasteiger partial charge >= 0.3 is 0 Å². The number of carbonyl (C=O) groups excluding carboxylic acids is 1. The Morgan fingerprint density at radius 1 is 1.06 bits per heavy atom. The van der Waals surface area contributed by atoms with E-state index >= 15 is 0 Å². The van der Waals surface area contributed by atoms with Gasteiger partial charge in [-0.25, -0.2) is 9.97 Å². The van der Waals surface area contributed by atoms with Crippen LogP contribution in [0.4, 0.5) is 23.0 Å². The molecule has 3 aromatic rings. The molecule has 1 amide bonds. The first-order valence-electron chi connectivity index (χ1n) is 10.2. The second-order valence-electron chi connectivity index (χ2n) is 7.46. The third-order valence-electron chi connectivity index (χ3n) is 5.10. The highest BCUT2D eigenvalue weighted by Crippen LogP contribution is 2.25. The normalized spacial score (nSPS) is 17.8. The van der Waals surface area contributed by atoms with E-state index in [0.29, 0.717) is 23.0 Å². The SMILES string of the molecule is N#Cc1cnc(Nc2cc(NC3CCC(N)CC3)c(C(=O)Nc3ccncc3)nn2)cn1. The molecule has 4 rings (SSSR count). The Bertz CT molecular complexity index is 1110. The summed E-state index contributed by atoms with van der Waals surface area (Å²) in [5.74, 6) is 0.407. The minimum absolute atomic E-state index is 0.174. The molecule has 1 aliphatic carbocycles.